The van der Waals surface area contributed by atoms with E-state index in [9.17, 15) is 9.59 Å². The number of carboxylic acid groups (broad SMARTS) is 1. The van der Waals surface area contributed by atoms with Gasteiger partial charge in [0, 0.05) is 0 Å². The van der Waals surface area contributed by atoms with Crippen molar-refractivity contribution in [2.75, 3.05) is 0 Å². The number of hydrogen-bond donors (Lipinski definition) is 1. The van der Waals surface area contributed by atoms with E-state index < -0.39 is 5.97 Å². The molecule has 0 fully saturated rings. The fourth-order valence-corrected chi connectivity index (χ4v) is 2.12. The molecular weight excluding hydrogens is 224 g/mol. The quantitative estimate of drug-likeness (QED) is 0.828. The molecule has 1 aromatic carbocycles. The van der Waals surface area contributed by atoms with E-state index >= 15 is 0 Å². The molecule has 1 aromatic heterocycles. The lowest BCUT2D eigenvalue weighted by molar-refractivity contribution is 0.0697. The summed E-state index contributed by atoms with van der Waals surface area (Å²) in [6.45, 7) is 0. The third-order valence-corrected chi connectivity index (χ3v) is 3.04. The Labute approximate surface area is 96.0 Å². The van der Waals surface area contributed by atoms with Crippen molar-refractivity contribution >= 4 is 23.6 Å². The van der Waals surface area contributed by atoms with Crippen LogP contribution in [0.25, 0.3) is 11.1 Å². The van der Waals surface area contributed by atoms with Crippen molar-refractivity contribution in [1.29, 1.82) is 0 Å². The van der Waals surface area contributed by atoms with Gasteiger partial charge in [-0.3, -0.25) is 4.79 Å². The van der Waals surface area contributed by atoms with Gasteiger partial charge in [0.1, 0.15) is 0 Å². The van der Waals surface area contributed by atoms with Crippen LogP contribution < -0.4 is 0 Å². The monoisotopic (exact) mass is 232 g/mol. The van der Waals surface area contributed by atoms with Crippen LogP contribution in [0.5, 0.6) is 0 Å². The third-order valence-electron chi connectivity index (χ3n) is 2.18. The van der Waals surface area contributed by atoms with E-state index in [2.05, 4.69) is 0 Å². The molecule has 2 rings (SSSR count). The maximum atomic E-state index is 10.8. The standard InChI is InChI=1S/C12H8O3S/c13-6-11-5-10(7-16-11)8-2-1-3-9(4-8)12(14)15/h1-7H,(H,14,15). The Morgan fingerprint density at radius 2 is 2.06 bits per heavy atom. The summed E-state index contributed by atoms with van der Waals surface area (Å²) in [5.41, 5.74) is 1.93. The van der Waals surface area contributed by atoms with Crippen LogP contribution in [0, 0.1) is 0 Å². The Morgan fingerprint density at radius 3 is 2.69 bits per heavy atom. The van der Waals surface area contributed by atoms with Gasteiger partial charge in [-0.2, -0.15) is 0 Å². The molecule has 1 heterocycles. The molecule has 0 radical (unpaired) electrons. The maximum absolute atomic E-state index is 10.8. The molecule has 0 bridgehead atoms. The molecule has 0 amide bonds. The second-order valence-corrected chi connectivity index (χ2v) is 4.18. The Hall–Kier alpha value is -1.94. The molecule has 0 aliphatic rings. The van der Waals surface area contributed by atoms with Gasteiger partial charge >= 0.3 is 5.97 Å². The predicted molar refractivity (Wildman–Crippen MR) is 62.1 cm³/mol. The second kappa shape index (κ2) is 4.28. The normalized spacial score (nSPS) is 10.0. The highest BCUT2D eigenvalue weighted by molar-refractivity contribution is 7.12. The highest BCUT2D eigenvalue weighted by Crippen LogP contribution is 2.25. The molecule has 0 aliphatic heterocycles. The molecule has 0 unspecified atom stereocenters. The van der Waals surface area contributed by atoms with Gasteiger partial charge in [-0.15, -0.1) is 11.3 Å². The van der Waals surface area contributed by atoms with Crippen LogP contribution in [-0.4, -0.2) is 17.4 Å². The number of aromatic carboxylic acids is 1. The Balaban J connectivity index is 2.43. The van der Waals surface area contributed by atoms with Crippen molar-refractivity contribution in [2.45, 2.75) is 0 Å². The van der Waals surface area contributed by atoms with Crippen LogP contribution in [-0.2, 0) is 0 Å². The second-order valence-electron chi connectivity index (χ2n) is 3.24. The maximum Gasteiger partial charge on any atom is 0.335 e. The fraction of sp³-hybridized carbons (Fsp3) is 0. The van der Waals surface area contributed by atoms with E-state index in [0.717, 1.165) is 17.4 Å². The number of carbonyl (C=O) groups is 2. The van der Waals surface area contributed by atoms with E-state index in [-0.39, 0.29) is 5.56 Å². The first-order valence-electron chi connectivity index (χ1n) is 4.58. The average Bonchev–Trinajstić information content (AvgIpc) is 2.77. The van der Waals surface area contributed by atoms with Crippen LogP contribution in [0.1, 0.15) is 20.0 Å². The van der Waals surface area contributed by atoms with Crippen molar-refractivity contribution in [3.63, 3.8) is 0 Å². The summed E-state index contributed by atoms with van der Waals surface area (Å²) >= 11 is 1.34. The summed E-state index contributed by atoms with van der Waals surface area (Å²) in [7, 11) is 0. The minimum atomic E-state index is -0.951. The summed E-state index contributed by atoms with van der Waals surface area (Å²) in [6.07, 6.45) is 0.787. The number of thiophene rings is 1. The molecule has 0 saturated heterocycles. The first-order valence-corrected chi connectivity index (χ1v) is 5.46. The van der Waals surface area contributed by atoms with Crippen LogP contribution in [0.15, 0.2) is 35.7 Å². The molecule has 0 spiro atoms. The van der Waals surface area contributed by atoms with Gasteiger partial charge in [0.15, 0.2) is 6.29 Å². The number of aldehydes is 1. The van der Waals surface area contributed by atoms with Crippen LogP contribution in [0.3, 0.4) is 0 Å². The molecule has 1 N–H and O–H groups in total. The van der Waals surface area contributed by atoms with Gasteiger partial charge in [0.05, 0.1) is 10.4 Å². The Kier molecular flexibility index (Phi) is 2.83. The van der Waals surface area contributed by atoms with E-state index in [1.807, 2.05) is 11.4 Å². The van der Waals surface area contributed by atoms with Gasteiger partial charge in [-0.1, -0.05) is 12.1 Å². The highest BCUT2D eigenvalue weighted by atomic mass is 32.1. The topological polar surface area (TPSA) is 54.4 Å². The van der Waals surface area contributed by atoms with Crippen molar-refractivity contribution < 1.29 is 14.7 Å². The zero-order chi connectivity index (χ0) is 11.5. The molecule has 0 aliphatic carbocycles. The van der Waals surface area contributed by atoms with E-state index in [1.165, 1.54) is 11.3 Å². The van der Waals surface area contributed by atoms with Gasteiger partial charge in [0.25, 0.3) is 0 Å². The van der Waals surface area contributed by atoms with Crippen LogP contribution in [0.4, 0.5) is 0 Å². The highest BCUT2D eigenvalue weighted by Gasteiger charge is 2.06. The molecule has 16 heavy (non-hydrogen) atoms. The predicted octanol–water partition coefficient (Wildman–Crippen LogP) is 2.93. The summed E-state index contributed by atoms with van der Waals surface area (Å²) in [6, 6.07) is 8.40. The molecule has 0 saturated carbocycles. The Morgan fingerprint density at radius 1 is 1.25 bits per heavy atom. The van der Waals surface area contributed by atoms with Crippen molar-refractivity contribution in [3.05, 3.63) is 46.2 Å². The molecule has 4 heteroatoms. The van der Waals surface area contributed by atoms with Crippen molar-refractivity contribution in [1.82, 2.24) is 0 Å². The van der Waals surface area contributed by atoms with Crippen LogP contribution >= 0.6 is 11.3 Å². The van der Waals surface area contributed by atoms with Gasteiger partial charge < -0.3 is 5.11 Å². The lowest BCUT2D eigenvalue weighted by Crippen LogP contribution is -1.95. The zero-order valence-electron chi connectivity index (χ0n) is 8.21. The Bertz CT molecular complexity index is 543. The third kappa shape index (κ3) is 2.01. The van der Waals surface area contributed by atoms with Crippen molar-refractivity contribution in [2.24, 2.45) is 0 Å². The van der Waals surface area contributed by atoms with E-state index in [4.69, 9.17) is 5.11 Å². The number of rotatable bonds is 3. The van der Waals surface area contributed by atoms with Crippen molar-refractivity contribution in [3.8, 4) is 11.1 Å². The van der Waals surface area contributed by atoms with Gasteiger partial charge in [-0.25, -0.2) is 4.79 Å². The molecule has 80 valence electrons. The number of carbonyl (C=O) groups excluding carboxylic acids is 1. The lowest BCUT2D eigenvalue weighted by Gasteiger charge is -1.99. The minimum Gasteiger partial charge on any atom is -0.478 e. The minimum absolute atomic E-state index is 0.247. The summed E-state index contributed by atoms with van der Waals surface area (Å²) < 4.78 is 0. The van der Waals surface area contributed by atoms with Gasteiger partial charge in [0.2, 0.25) is 0 Å². The first-order chi connectivity index (χ1) is 7.70. The number of carboxylic acids is 1. The van der Waals surface area contributed by atoms with E-state index in [1.54, 1.807) is 24.3 Å². The number of benzene rings is 1. The molecule has 2 aromatic rings. The molecule has 0 atom stereocenters. The van der Waals surface area contributed by atoms with E-state index in [0.29, 0.717) is 4.88 Å². The average molecular weight is 232 g/mol. The zero-order valence-corrected chi connectivity index (χ0v) is 9.03. The SMILES string of the molecule is O=Cc1cc(-c2cccc(C(=O)O)c2)cs1. The summed E-state index contributed by atoms with van der Waals surface area (Å²) in [5, 5.41) is 10.7. The summed E-state index contributed by atoms with van der Waals surface area (Å²) in [5.74, 6) is -0.951. The lowest BCUT2D eigenvalue weighted by atomic mass is 10.1. The molecule has 3 nitrogen and oxygen atoms in total. The molecular formula is C12H8O3S. The smallest absolute Gasteiger partial charge is 0.335 e. The number of hydrogen-bond acceptors (Lipinski definition) is 3. The summed E-state index contributed by atoms with van der Waals surface area (Å²) in [4.78, 5) is 22.0. The largest absolute Gasteiger partial charge is 0.478 e. The van der Waals surface area contributed by atoms with Crippen LogP contribution in [0.2, 0.25) is 0 Å². The first kappa shape index (κ1) is 10.6. The fourth-order valence-electron chi connectivity index (χ4n) is 1.40. The van der Waals surface area contributed by atoms with Gasteiger partial charge in [-0.05, 0) is 34.7 Å².